The van der Waals surface area contributed by atoms with Crippen LogP contribution >= 0.6 is 0 Å². The number of halogens is 1. The summed E-state index contributed by atoms with van der Waals surface area (Å²) in [4.78, 5) is 14.5. The second-order valence-corrected chi connectivity index (χ2v) is 7.72. The Morgan fingerprint density at radius 2 is 1.90 bits per heavy atom. The Balaban J connectivity index is 1.29. The number of morpholine rings is 1. The third-order valence-electron chi connectivity index (χ3n) is 5.80. The van der Waals surface area contributed by atoms with E-state index in [2.05, 4.69) is 17.4 Å². The molecular weight excluding hydrogens is 371 g/mol. The molecule has 0 radical (unpaired) electrons. The van der Waals surface area contributed by atoms with Gasteiger partial charge in [0.05, 0.1) is 31.6 Å². The van der Waals surface area contributed by atoms with Gasteiger partial charge in [0, 0.05) is 29.7 Å². The molecule has 6 heteroatoms. The Kier molecular flexibility index (Phi) is 4.72. The summed E-state index contributed by atoms with van der Waals surface area (Å²) >= 11 is 0. The fourth-order valence-corrected chi connectivity index (χ4v) is 4.31. The second-order valence-electron chi connectivity index (χ2n) is 7.72. The van der Waals surface area contributed by atoms with Gasteiger partial charge >= 0.3 is 0 Å². The molecule has 1 aromatic heterocycles. The molecule has 0 unspecified atom stereocenters. The van der Waals surface area contributed by atoms with Gasteiger partial charge in [-0.15, -0.1) is 0 Å². The van der Waals surface area contributed by atoms with E-state index in [1.807, 2.05) is 4.90 Å². The average molecular weight is 394 g/mol. The summed E-state index contributed by atoms with van der Waals surface area (Å²) in [5.74, 6) is -0.527. The van der Waals surface area contributed by atoms with Gasteiger partial charge in [0.25, 0.3) is 0 Å². The molecule has 1 aliphatic carbocycles. The molecule has 0 spiro atoms. The van der Waals surface area contributed by atoms with Crippen LogP contribution in [0.5, 0.6) is 0 Å². The van der Waals surface area contributed by atoms with Crippen molar-refractivity contribution in [3.63, 3.8) is 0 Å². The van der Waals surface area contributed by atoms with Crippen molar-refractivity contribution in [1.29, 1.82) is 0 Å². The first-order valence-corrected chi connectivity index (χ1v) is 10.1. The Morgan fingerprint density at radius 3 is 2.69 bits per heavy atom. The van der Waals surface area contributed by atoms with Crippen molar-refractivity contribution in [3.8, 4) is 0 Å². The molecule has 3 aromatic rings. The first kappa shape index (κ1) is 18.2. The van der Waals surface area contributed by atoms with Crippen LogP contribution in [-0.2, 0) is 28.8 Å². The highest BCUT2D eigenvalue weighted by Crippen LogP contribution is 2.31. The van der Waals surface area contributed by atoms with Crippen LogP contribution in [0.25, 0.3) is 11.0 Å². The van der Waals surface area contributed by atoms with Crippen molar-refractivity contribution < 1.29 is 18.3 Å². The predicted octanol–water partition coefficient (Wildman–Crippen LogP) is 4.08. The number of furan rings is 1. The number of anilines is 2. The minimum Gasteiger partial charge on any atom is -0.464 e. The van der Waals surface area contributed by atoms with E-state index < -0.39 is 0 Å². The van der Waals surface area contributed by atoms with Crippen molar-refractivity contribution in [1.82, 2.24) is 0 Å². The summed E-state index contributed by atoms with van der Waals surface area (Å²) in [6.07, 6.45) is 5.19. The van der Waals surface area contributed by atoms with E-state index in [1.54, 1.807) is 18.4 Å². The zero-order valence-corrected chi connectivity index (χ0v) is 16.2. The maximum atomic E-state index is 14.5. The van der Waals surface area contributed by atoms with Crippen LogP contribution in [-0.4, -0.2) is 32.2 Å². The molecule has 1 fully saturated rings. The summed E-state index contributed by atoms with van der Waals surface area (Å²) in [5, 5.41) is 3.80. The predicted molar refractivity (Wildman–Crippen MR) is 110 cm³/mol. The van der Waals surface area contributed by atoms with E-state index in [9.17, 15) is 9.18 Å². The van der Waals surface area contributed by atoms with Gasteiger partial charge in [-0.2, -0.15) is 0 Å². The van der Waals surface area contributed by atoms with Crippen LogP contribution in [0.1, 0.15) is 23.1 Å². The second kappa shape index (κ2) is 7.52. The molecule has 1 N–H and O–H groups in total. The normalized spacial score (nSPS) is 16.2. The third-order valence-corrected chi connectivity index (χ3v) is 5.80. The largest absolute Gasteiger partial charge is 0.464 e. The van der Waals surface area contributed by atoms with Gasteiger partial charge in [-0.25, -0.2) is 4.39 Å². The lowest BCUT2D eigenvalue weighted by Crippen LogP contribution is -2.36. The lowest BCUT2D eigenvalue weighted by Gasteiger charge is -2.29. The van der Waals surface area contributed by atoms with Crippen molar-refractivity contribution in [2.75, 3.05) is 36.5 Å². The van der Waals surface area contributed by atoms with E-state index in [4.69, 9.17) is 9.15 Å². The molecule has 0 saturated carbocycles. The number of nitrogens with zero attached hydrogens (tertiary/aromatic N) is 1. The lowest BCUT2D eigenvalue weighted by molar-refractivity contribution is -0.115. The summed E-state index contributed by atoms with van der Waals surface area (Å²) in [6, 6.07) is 9.08. The standard InChI is InChI=1S/C23H23FN2O3/c24-20-13-18(4-5-21(20)26-6-8-28-9-7-26)25-23(27)12-17-14-29-22-11-16-3-1-2-15(16)10-19(17)22/h4-5,10-11,13-14H,1-3,6-9,12H2,(H,25,27). The van der Waals surface area contributed by atoms with E-state index in [0.717, 1.165) is 29.4 Å². The number of fused-ring (bicyclic) bond motifs is 2. The zero-order valence-electron chi connectivity index (χ0n) is 16.2. The van der Waals surface area contributed by atoms with Gasteiger partial charge in [0.1, 0.15) is 11.4 Å². The molecule has 5 rings (SSSR count). The molecule has 2 heterocycles. The molecule has 2 aromatic carbocycles. The molecule has 0 bridgehead atoms. The lowest BCUT2D eigenvalue weighted by atomic mass is 10.0. The highest BCUT2D eigenvalue weighted by molar-refractivity contribution is 5.95. The van der Waals surface area contributed by atoms with Crippen LogP contribution in [0.3, 0.4) is 0 Å². The molecule has 1 aliphatic heterocycles. The number of benzene rings is 2. The molecule has 5 nitrogen and oxygen atoms in total. The van der Waals surface area contributed by atoms with Crippen molar-refractivity contribution in [2.45, 2.75) is 25.7 Å². The minimum atomic E-state index is -0.339. The van der Waals surface area contributed by atoms with Gasteiger partial charge in [-0.05, 0) is 60.7 Å². The van der Waals surface area contributed by atoms with Gasteiger partial charge in [0.15, 0.2) is 0 Å². The van der Waals surface area contributed by atoms with Crippen LogP contribution < -0.4 is 10.2 Å². The maximum Gasteiger partial charge on any atom is 0.228 e. The summed E-state index contributed by atoms with van der Waals surface area (Å²) in [6.45, 7) is 2.53. The summed E-state index contributed by atoms with van der Waals surface area (Å²) < 4.78 is 25.5. The van der Waals surface area contributed by atoms with Crippen LogP contribution in [0.2, 0.25) is 0 Å². The molecule has 1 saturated heterocycles. The van der Waals surface area contributed by atoms with E-state index in [1.165, 1.54) is 23.6 Å². The number of aryl methyl sites for hydroxylation is 2. The summed E-state index contributed by atoms with van der Waals surface area (Å²) in [5.41, 5.74) is 5.38. The number of hydrogen-bond donors (Lipinski definition) is 1. The molecule has 150 valence electrons. The maximum absolute atomic E-state index is 14.5. The molecule has 1 amide bonds. The minimum absolute atomic E-state index is 0.188. The van der Waals surface area contributed by atoms with Crippen LogP contribution in [0.4, 0.5) is 15.8 Å². The fraction of sp³-hybridized carbons (Fsp3) is 0.348. The third kappa shape index (κ3) is 3.60. The molecule has 29 heavy (non-hydrogen) atoms. The number of rotatable bonds is 4. The molecule has 0 atom stereocenters. The van der Waals surface area contributed by atoms with Gasteiger partial charge in [-0.3, -0.25) is 4.79 Å². The topological polar surface area (TPSA) is 54.7 Å². The SMILES string of the molecule is O=C(Cc1coc2cc3c(cc12)CCC3)Nc1ccc(N2CCOCC2)c(F)c1. The van der Waals surface area contributed by atoms with Crippen LogP contribution in [0, 0.1) is 5.82 Å². The van der Waals surface area contributed by atoms with Crippen LogP contribution in [0.15, 0.2) is 41.0 Å². The number of carbonyl (C=O) groups excluding carboxylic acids is 1. The van der Waals surface area contributed by atoms with E-state index in [0.29, 0.717) is 37.7 Å². The fourth-order valence-electron chi connectivity index (χ4n) is 4.31. The Morgan fingerprint density at radius 1 is 1.10 bits per heavy atom. The zero-order chi connectivity index (χ0) is 19.8. The Bertz CT molecular complexity index is 1070. The number of carbonyl (C=O) groups is 1. The van der Waals surface area contributed by atoms with Crippen molar-refractivity contribution in [3.05, 3.63) is 59.1 Å². The smallest absolute Gasteiger partial charge is 0.228 e. The van der Waals surface area contributed by atoms with Gasteiger partial charge < -0.3 is 19.4 Å². The van der Waals surface area contributed by atoms with E-state index >= 15 is 0 Å². The van der Waals surface area contributed by atoms with Crippen molar-refractivity contribution in [2.24, 2.45) is 0 Å². The van der Waals surface area contributed by atoms with Gasteiger partial charge in [0.2, 0.25) is 5.91 Å². The monoisotopic (exact) mass is 394 g/mol. The number of amides is 1. The van der Waals surface area contributed by atoms with E-state index in [-0.39, 0.29) is 18.1 Å². The first-order valence-electron chi connectivity index (χ1n) is 10.1. The summed E-state index contributed by atoms with van der Waals surface area (Å²) in [7, 11) is 0. The number of hydrogen-bond acceptors (Lipinski definition) is 4. The Labute approximate surface area is 168 Å². The average Bonchev–Trinajstić information content (AvgIpc) is 3.33. The Hall–Kier alpha value is -2.86. The van der Waals surface area contributed by atoms with Gasteiger partial charge in [-0.1, -0.05) is 0 Å². The number of ether oxygens (including phenoxy) is 1. The molecular formula is C23H23FN2O3. The first-order chi connectivity index (χ1) is 14.2. The number of nitrogens with one attached hydrogen (secondary N) is 1. The quantitative estimate of drug-likeness (QED) is 0.725. The highest BCUT2D eigenvalue weighted by atomic mass is 19.1. The highest BCUT2D eigenvalue weighted by Gasteiger charge is 2.18. The molecule has 2 aliphatic rings. The van der Waals surface area contributed by atoms with Crippen molar-refractivity contribution >= 4 is 28.3 Å².